The molecule has 0 bridgehead atoms. The number of aromatic nitrogens is 3. The van der Waals surface area contributed by atoms with Crippen LogP contribution in [0.1, 0.15) is 11.3 Å². The molecule has 1 N–H and O–H groups in total. The van der Waals surface area contributed by atoms with Crippen molar-refractivity contribution in [2.75, 3.05) is 0 Å². The standard InChI is InChI=1S/C10H11N3/c1-7-3-4-11-9(5-7)10-6-8(2)12-13-10/h3-6H,1-2H3,(H,12,13). The molecule has 0 amide bonds. The number of hydrogen-bond acceptors (Lipinski definition) is 2. The maximum Gasteiger partial charge on any atom is 0.0883 e. The minimum atomic E-state index is 0.945. The number of nitrogens with zero attached hydrogens (tertiary/aromatic N) is 2. The van der Waals surface area contributed by atoms with Crippen molar-refractivity contribution in [3.8, 4) is 11.4 Å². The van der Waals surface area contributed by atoms with Crippen LogP contribution >= 0.6 is 0 Å². The number of hydrogen-bond donors (Lipinski definition) is 1. The monoisotopic (exact) mass is 173 g/mol. The van der Waals surface area contributed by atoms with Crippen LogP contribution in [0.5, 0.6) is 0 Å². The molecule has 13 heavy (non-hydrogen) atoms. The highest BCUT2D eigenvalue weighted by Gasteiger charge is 2.01. The van der Waals surface area contributed by atoms with Crippen molar-refractivity contribution < 1.29 is 0 Å². The van der Waals surface area contributed by atoms with E-state index >= 15 is 0 Å². The van der Waals surface area contributed by atoms with Gasteiger partial charge in [-0.05, 0) is 37.6 Å². The van der Waals surface area contributed by atoms with Crippen LogP contribution in [0.4, 0.5) is 0 Å². The maximum atomic E-state index is 4.25. The van der Waals surface area contributed by atoms with Crippen LogP contribution in [0.3, 0.4) is 0 Å². The molecule has 3 nitrogen and oxygen atoms in total. The molecular weight excluding hydrogens is 162 g/mol. The average molecular weight is 173 g/mol. The molecule has 2 aromatic heterocycles. The van der Waals surface area contributed by atoms with Crippen LogP contribution in [0, 0.1) is 13.8 Å². The lowest BCUT2D eigenvalue weighted by atomic mass is 10.2. The third-order valence-electron chi connectivity index (χ3n) is 1.90. The molecule has 3 heteroatoms. The van der Waals surface area contributed by atoms with Gasteiger partial charge in [-0.2, -0.15) is 5.10 Å². The lowest BCUT2D eigenvalue weighted by Crippen LogP contribution is -1.83. The lowest BCUT2D eigenvalue weighted by molar-refractivity contribution is 1.04. The summed E-state index contributed by atoms with van der Waals surface area (Å²) in [6.45, 7) is 4.00. The van der Waals surface area contributed by atoms with Gasteiger partial charge in [-0.25, -0.2) is 0 Å². The summed E-state index contributed by atoms with van der Waals surface area (Å²) in [4.78, 5) is 4.25. The smallest absolute Gasteiger partial charge is 0.0883 e. The summed E-state index contributed by atoms with van der Waals surface area (Å²) in [5.41, 5.74) is 4.11. The third kappa shape index (κ3) is 1.59. The van der Waals surface area contributed by atoms with E-state index in [1.54, 1.807) is 6.20 Å². The Bertz CT molecular complexity index is 418. The Morgan fingerprint density at radius 1 is 1.23 bits per heavy atom. The van der Waals surface area contributed by atoms with Crippen LogP contribution in [-0.4, -0.2) is 15.2 Å². The zero-order chi connectivity index (χ0) is 9.26. The van der Waals surface area contributed by atoms with E-state index in [0.29, 0.717) is 0 Å². The summed E-state index contributed by atoms with van der Waals surface area (Å²) in [6.07, 6.45) is 1.81. The van der Waals surface area contributed by atoms with E-state index in [4.69, 9.17) is 0 Å². The number of aromatic amines is 1. The first-order valence-electron chi connectivity index (χ1n) is 4.21. The predicted octanol–water partition coefficient (Wildman–Crippen LogP) is 2.09. The first-order chi connectivity index (χ1) is 6.25. The molecule has 0 saturated heterocycles. The molecule has 0 fully saturated rings. The molecule has 2 aromatic rings. The fourth-order valence-electron chi connectivity index (χ4n) is 1.24. The van der Waals surface area contributed by atoms with Gasteiger partial charge in [0.2, 0.25) is 0 Å². The molecule has 0 radical (unpaired) electrons. The van der Waals surface area contributed by atoms with Gasteiger partial charge in [-0.15, -0.1) is 0 Å². The summed E-state index contributed by atoms with van der Waals surface area (Å²) in [5.74, 6) is 0. The fourth-order valence-corrected chi connectivity index (χ4v) is 1.24. The first-order valence-corrected chi connectivity index (χ1v) is 4.21. The Morgan fingerprint density at radius 2 is 2.08 bits per heavy atom. The quantitative estimate of drug-likeness (QED) is 0.717. The topological polar surface area (TPSA) is 41.6 Å². The van der Waals surface area contributed by atoms with Crippen LogP contribution in [0.25, 0.3) is 11.4 Å². The summed E-state index contributed by atoms with van der Waals surface area (Å²) in [6, 6.07) is 6.00. The Hall–Kier alpha value is -1.64. The van der Waals surface area contributed by atoms with E-state index in [9.17, 15) is 0 Å². The fraction of sp³-hybridized carbons (Fsp3) is 0.200. The number of H-pyrrole nitrogens is 1. The Morgan fingerprint density at radius 3 is 2.69 bits per heavy atom. The van der Waals surface area contributed by atoms with Gasteiger partial charge in [-0.1, -0.05) is 0 Å². The normalized spacial score (nSPS) is 10.3. The second-order valence-corrected chi connectivity index (χ2v) is 3.14. The molecular formula is C10H11N3. The van der Waals surface area contributed by atoms with Crippen molar-refractivity contribution in [3.05, 3.63) is 35.7 Å². The summed E-state index contributed by atoms with van der Waals surface area (Å²) in [7, 11) is 0. The number of nitrogens with one attached hydrogen (secondary N) is 1. The summed E-state index contributed by atoms with van der Waals surface area (Å²) < 4.78 is 0. The summed E-state index contributed by atoms with van der Waals surface area (Å²) in [5, 5.41) is 6.99. The molecule has 66 valence electrons. The van der Waals surface area contributed by atoms with E-state index < -0.39 is 0 Å². The number of rotatable bonds is 1. The lowest BCUT2D eigenvalue weighted by Gasteiger charge is -1.96. The zero-order valence-electron chi connectivity index (χ0n) is 7.70. The molecule has 0 spiro atoms. The minimum absolute atomic E-state index is 0.945. The van der Waals surface area contributed by atoms with Crippen molar-refractivity contribution in [2.24, 2.45) is 0 Å². The Kier molecular flexibility index (Phi) is 1.85. The predicted molar refractivity (Wildman–Crippen MR) is 51.3 cm³/mol. The molecule has 2 heterocycles. The van der Waals surface area contributed by atoms with Gasteiger partial charge in [0.25, 0.3) is 0 Å². The van der Waals surface area contributed by atoms with Gasteiger partial charge in [-0.3, -0.25) is 10.1 Å². The number of pyridine rings is 1. The second-order valence-electron chi connectivity index (χ2n) is 3.14. The van der Waals surface area contributed by atoms with Crippen LogP contribution in [0.15, 0.2) is 24.4 Å². The molecule has 2 rings (SSSR count). The van der Waals surface area contributed by atoms with E-state index in [1.165, 1.54) is 5.56 Å². The highest BCUT2D eigenvalue weighted by Crippen LogP contribution is 2.15. The van der Waals surface area contributed by atoms with E-state index in [0.717, 1.165) is 17.1 Å². The third-order valence-corrected chi connectivity index (χ3v) is 1.90. The average Bonchev–Trinajstić information content (AvgIpc) is 2.52. The van der Waals surface area contributed by atoms with Gasteiger partial charge in [0, 0.05) is 6.20 Å². The van der Waals surface area contributed by atoms with Crippen LogP contribution < -0.4 is 0 Å². The SMILES string of the molecule is Cc1ccnc(-c2cc(C)n[nH]2)c1. The maximum absolute atomic E-state index is 4.25. The highest BCUT2D eigenvalue weighted by molar-refractivity contribution is 5.54. The van der Waals surface area contributed by atoms with Crippen molar-refractivity contribution >= 4 is 0 Å². The zero-order valence-corrected chi connectivity index (χ0v) is 7.70. The molecule has 0 aliphatic carbocycles. The largest absolute Gasteiger partial charge is 0.276 e. The molecule has 0 atom stereocenters. The molecule has 0 saturated carbocycles. The summed E-state index contributed by atoms with van der Waals surface area (Å²) >= 11 is 0. The Labute approximate surface area is 76.8 Å². The van der Waals surface area contributed by atoms with Gasteiger partial charge >= 0.3 is 0 Å². The Balaban J connectivity index is 2.46. The molecule has 0 aliphatic rings. The first kappa shape index (κ1) is 7.98. The van der Waals surface area contributed by atoms with Gasteiger partial charge in [0.05, 0.1) is 17.1 Å². The molecule has 0 unspecified atom stereocenters. The van der Waals surface area contributed by atoms with E-state index in [1.807, 2.05) is 25.1 Å². The van der Waals surface area contributed by atoms with Crippen LogP contribution in [0.2, 0.25) is 0 Å². The van der Waals surface area contributed by atoms with E-state index in [2.05, 4.69) is 22.1 Å². The van der Waals surface area contributed by atoms with Crippen molar-refractivity contribution in [1.29, 1.82) is 0 Å². The van der Waals surface area contributed by atoms with Crippen LogP contribution in [-0.2, 0) is 0 Å². The van der Waals surface area contributed by atoms with Gasteiger partial charge < -0.3 is 0 Å². The van der Waals surface area contributed by atoms with Crippen molar-refractivity contribution in [2.45, 2.75) is 13.8 Å². The molecule has 0 aromatic carbocycles. The van der Waals surface area contributed by atoms with Crippen molar-refractivity contribution in [3.63, 3.8) is 0 Å². The number of aryl methyl sites for hydroxylation is 2. The van der Waals surface area contributed by atoms with Gasteiger partial charge in [0.15, 0.2) is 0 Å². The van der Waals surface area contributed by atoms with Crippen molar-refractivity contribution in [1.82, 2.24) is 15.2 Å². The minimum Gasteiger partial charge on any atom is -0.276 e. The molecule has 0 aliphatic heterocycles. The second kappa shape index (κ2) is 3.01. The van der Waals surface area contributed by atoms with E-state index in [-0.39, 0.29) is 0 Å². The van der Waals surface area contributed by atoms with Gasteiger partial charge in [0.1, 0.15) is 0 Å². The highest BCUT2D eigenvalue weighted by atomic mass is 15.1.